The molecule has 9 heavy (non-hydrogen) atoms. The molecule has 3 heteroatoms. The quantitative estimate of drug-likeness (QED) is 0.516. The Morgan fingerprint density at radius 1 is 1.78 bits per heavy atom. The molecule has 47 valence electrons. The van der Waals surface area contributed by atoms with Gasteiger partial charge in [-0.05, 0) is 6.07 Å². The molecule has 0 aromatic carbocycles. The zero-order valence-corrected chi connectivity index (χ0v) is 5.09. The summed E-state index contributed by atoms with van der Waals surface area (Å²) in [7, 11) is 0. The molecule has 1 radical (unpaired) electrons. The van der Waals surface area contributed by atoms with Gasteiger partial charge in [-0.15, -0.1) is 0 Å². The van der Waals surface area contributed by atoms with Crippen molar-refractivity contribution in [3.05, 3.63) is 18.0 Å². The lowest BCUT2D eigenvalue weighted by Crippen LogP contribution is -2.28. The Balaban J connectivity index is 2.39. The summed E-state index contributed by atoms with van der Waals surface area (Å²) in [6, 6.07) is 1.92. The van der Waals surface area contributed by atoms with Gasteiger partial charge in [-0.1, -0.05) is 0 Å². The summed E-state index contributed by atoms with van der Waals surface area (Å²) in [6.07, 6.45) is 2.81. The van der Waals surface area contributed by atoms with Crippen molar-refractivity contribution in [3.63, 3.8) is 0 Å². The summed E-state index contributed by atoms with van der Waals surface area (Å²) < 4.78 is 1.98. The van der Waals surface area contributed by atoms with E-state index in [1.165, 1.54) is 5.69 Å². The molecule has 0 amide bonds. The number of aromatic nitrogens is 2. The van der Waals surface area contributed by atoms with Gasteiger partial charge in [0.1, 0.15) is 6.20 Å². The number of hydrogen-bond donors (Lipinski definition) is 1. The molecule has 0 saturated carbocycles. The van der Waals surface area contributed by atoms with E-state index in [0.717, 1.165) is 19.6 Å². The zero-order valence-electron chi connectivity index (χ0n) is 5.09. The van der Waals surface area contributed by atoms with Gasteiger partial charge in [-0.25, -0.2) is 0 Å². The fraction of sp³-hybridized carbons (Fsp3) is 0.500. The highest BCUT2D eigenvalue weighted by atomic mass is 15.3. The molecule has 1 N–H and O–H groups in total. The molecule has 1 aliphatic rings. The van der Waals surface area contributed by atoms with Gasteiger partial charge in [0.2, 0.25) is 0 Å². The molecule has 3 nitrogen and oxygen atoms in total. The minimum absolute atomic E-state index is 0.941. The largest absolute Gasteiger partial charge is 0.309 e. The van der Waals surface area contributed by atoms with Crippen LogP contribution in [-0.4, -0.2) is 16.3 Å². The lowest BCUT2D eigenvalue weighted by Gasteiger charge is -2.13. The first-order valence-corrected chi connectivity index (χ1v) is 3.10. The van der Waals surface area contributed by atoms with Gasteiger partial charge in [-0.2, -0.15) is 5.10 Å². The van der Waals surface area contributed by atoms with Crippen molar-refractivity contribution in [2.75, 3.05) is 6.54 Å². The van der Waals surface area contributed by atoms with E-state index in [9.17, 15) is 0 Å². The third-order valence-corrected chi connectivity index (χ3v) is 1.55. The van der Waals surface area contributed by atoms with E-state index in [4.69, 9.17) is 0 Å². The van der Waals surface area contributed by atoms with Crippen LogP contribution in [0.3, 0.4) is 0 Å². The number of rotatable bonds is 0. The van der Waals surface area contributed by atoms with Crippen molar-refractivity contribution < 1.29 is 0 Å². The van der Waals surface area contributed by atoms with E-state index < -0.39 is 0 Å². The van der Waals surface area contributed by atoms with Gasteiger partial charge in [0.25, 0.3) is 0 Å². The lowest BCUT2D eigenvalue weighted by molar-refractivity contribution is 0.475. The highest BCUT2D eigenvalue weighted by Gasteiger charge is 2.05. The van der Waals surface area contributed by atoms with Crippen molar-refractivity contribution in [1.82, 2.24) is 15.1 Å². The second kappa shape index (κ2) is 1.84. The molecule has 2 rings (SSSR count). The second-order valence-electron chi connectivity index (χ2n) is 2.16. The summed E-state index contributed by atoms with van der Waals surface area (Å²) >= 11 is 0. The van der Waals surface area contributed by atoms with E-state index >= 15 is 0 Å². The molecule has 0 unspecified atom stereocenters. The van der Waals surface area contributed by atoms with Crippen molar-refractivity contribution >= 4 is 0 Å². The summed E-state index contributed by atoms with van der Waals surface area (Å²) in [6.45, 7) is 2.96. The third kappa shape index (κ3) is 0.733. The monoisotopic (exact) mass is 122 g/mol. The van der Waals surface area contributed by atoms with Crippen LogP contribution in [0.2, 0.25) is 0 Å². The zero-order chi connectivity index (χ0) is 6.10. The van der Waals surface area contributed by atoms with E-state index in [1.807, 2.05) is 10.7 Å². The minimum Gasteiger partial charge on any atom is -0.309 e. The molecule has 0 aliphatic carbocycles. The van der Waals surface area contributed by atoms with Crippen LogP contribution in [0.1, 0.15) is 5.69 Å². The first-order valence-electron chi connectivity index (χ1n) is 3.10. The Hall–Kier alpha value is -0.830. The number of nitrogens with zero attached hydrogens (tertiary/aromatic N) is 2. The average molecular weight is 122 g/mol. The highest BCUT2D eigenvalue weighted by Crippen LogP contribution is 2.00. The van der Waals surface area contributed by atoms with Gasteiger partial charge in [0, 0.05) is 13.1 Å². The smallest absolute Gasteiger partial charge is 0.113 e. The van der Waals surface area contributed by atoms with Crippen molar-refractivity contribution in [2.24, 2.45) is 0 Å². The first-order chi connectivity index (χ1) is 4.47. The Labute approximate surface area is 53.7 Å². The Kier molecular flexibility index (Phi) is 1.02. The Morgan fingerprint density at radius 2 is 2.78 bits per heavy atom. The molecule has 1 aromatic heterocycles. The second-order valence-corrected chi connectivity index (χ2v) is 2.16. The van der Waals surface area contributed by atoms with Crippen LogP contribution in [0.25, 0.3) is 0 Å². The molecule has 1 aromatic rings. The van der Waals surface area contributed by atoms with E-state index in [-0.39, 0.29) is 0 Å². The van der Waals surface area contributed by atoms with Crippen molar-refractivity contribution in [1.29, 1.82) is 0 Å². The molecule has 0 fully saturated rings. The molecule has 0 spiro atoms. The predicted molar refractivity (Wildman–Crippen MR) is 32.8 cm³/mol. The molecule has 0 saturated heterocycles. The van der Waals surface area contributed by atoms with E-state index in [1.54, 1.807) is 0 Å². The fourth-order valence-electron chi connectivity index (χ4n) is 1.05. The molecule has 0 bridgehead atoms. The van der Waals surface area contributed by atoms with Crippen LogP contribution in [0, 0.1) is 6.20 Å². The molecule has 1 aliphatic heterocycles. The van der Waals surface area contributed by atoms with Crippen LogP contribution >= 0.6 is 0 Å². The standard InChI is InChI=1S/C6H8N3/c1-2-8-9-4-3-7-5-6(1)9/h1,7H,3-5H2. The van der Waals surface area contributed by atoms with Crippen LogP contribution in [0.15, 0.2) is 6.07 Å². The van der Waals surface area contributed by atoms with Gasteiger partial charge in [0.05, 0.1) is 12.2 Å². The SMILES string of the molecule is [c]1cc2n(n1)CCNC2. The number of nitrogens with one attached hydrogen (secondary N) is 1. The van der Waals surface area contributed by atoms with Crippen LogP contribution in [0.5, 0.6) is 0 Å². The Morgan fingerprint density at radius 3 is 3.67 bits per heavy atom. The average Bonchev–Trinajstić information content (AvgIpc) is 2.33. The molecule has 0 atom stereocenters. The first kappa shape index (κ1) is 4.99. The van der Waals surface area contributed by atoms with Gasteiger partial charge >= 0.3 is 0 Å². The van der Waals surface area contributed by atoms with Gasteiger partial charge in [0.15, 0.2) is 0 Å². The summed E-state index contributed by atoms with van der Waals surface area (Å²) in [5.74, 6) is 0. The highest BCUT2D eigenvalue weighted by molar-refractivity contribution is 5.00. The predicted octanol–water partition coefficient (Wildman–Crippen LogP) is -0.214. The van der Waals surface area contributed by atoms with E-state index in [0.29, 0.717) is 0 Å². The van der Waals surface area contributed by atoms with Crippen LogP contribution in [0.4, 0.5) is 0 Å². The topological polar surface area (TPSA) is 29.9 Å². The maximum absolute atomic E-state index is 4.01. The lowest BCUT2D eigenvalue weighted by atomic mass is 10.3. The summed E-state index contributed by atoms with van der Waals surface area (Å²) in [5.41, 5.74) is 1.24. The fourth-order valence-corrected chi connectivity index (χ4v) is 1.05. The summed E-state index contributed by atoms with van der Waals surface area (Å²) in [5, 5.41) is 7.25. The summed E-state index contributed by atoms with van der Waals surface area (Å²) in [4.78, 5) is 0. The number of fused-ring (bicyclic) bond motifs is 1. The van der Waals surface area contributed by atoms with Crippen LogP contribution in [-0.2, 0) is 13.1 Å². The van der Waals surface area contributed by atoms with Crippen LogP contribution < -0.4 is 5.32 Å². The molecular formula is C6H8N3. The molecular weight excluding hydrogens is 114 g/mol. The normalized spacial score (nSPS) is 17.3. The maximum atomic E-state index is 4.01. The Bertz CT molecular complexity index is 183. The maximum Gasteiger partial charge on any atom is 0.113 e. The van der Waals surface area contributed by atoms with E-state index in [2.05, 4.69) is 16.6 Å². The third-order valence-electron chi connectivity index (χ3n) is 1.55. The van der Waals surface area contributed by atoms with Gasteiger partial charge in [-0.3, -0.25) is 4.68 Å². The van der Waals surface area contributed by atoms with Crippen molar-refractivity contribution in [2.45, 2.75) is 13.1 Å². The van der Waals surface area contributed by atoms with Crippen molar-refractivity contribution in [3.8, 4) is 0 Å². The minimum atomic E-state index is 0.941. The van der Waals surface area contributed by atoms with Gasteiger partial charge < -0.3 is 5.32 Å². The number of hydrogen-bond acceptors (Lipinski definition) is 2. The molecule has 2 heterocycles.